The Morgan fingerprint density at radius 1 is 0.897 bits per heavy atom. The molecule has 152 valence electrons. The van der Waals surface area contributed by atoms with Gasteiger partial charge in [-0.05, 0) is 36.4 Å². The lowest BCUT2D eigenvalue weighted by molar-refractivity contribution is -0.114. The van der Waals surface area contributed by atoms with Crippen LogP contribution < -0.4 is 15.5 Å². The molecular weight excluding hydrogens is 372 g/mol. The van der Waals surface area contributed by atoms with Gasteiger partial charge in [-0.1, -0.05) is 12.1 Å². The minimum absolute atomic E-state index is 0.105. The number of nitrogens with one attached hydrogen (secondary N) is 2. The van der Waals surface area contributed by atoms with Crippen LogP contribution in [0.1, 0.15) is 17.3 Å². The number of carbonyl (C=O) groups excluding carboxylic acids is 3. The van der Waals surface area contributed by atoms with Crippen LogP contribution >= 0.6 is 0 Å². The van der Waals surface area contributed by atoms with Gasteiger partial charge in [-0.15, -0.1) is 0 Å². The number of nitrogens with zero attached hydrogens (tertiary/aromatic N) is 2. The maximum absolute atomic E-state index is 12.6. The first-order chi connectivity index (χ1) is 14.0. The van der Waals surface area contributed by atoms with Crippen LogP contribution in [0.3, 0.4) is 0 Å². The van der Waals surface area contributed by atoms with Crippen LogP contribution in [0.25, 0.3) is 0 Å². The topological polar surface area (TPSA) is 91.0 Å². The highest BCUT2D eigenvalue weighted by Crippen LogP contribution is 2.21. The zero-order valence-corrected chi connectivity index (χ0v) is 16.5. The van der Waals surface area contributed by atoms with E-state index in [4.69, 9.17) is 4.74 Å². The molecule has 8 heteroatoms. The van der Waals surface area contributed by atoms with E-state index in [9.17, 15) is 14.4 Å². The van der Waals surface area contributed by atoms with Crippen molar-refractivity contribution in [2.24, 2.45) is 0 Å². The van der Waals surface area contributed by atoms with Gasteiger partial charge < -0.3 is 25.2 Å². The average molecular weight is 396 g/mol. The van der Waals surface area contributed by atoms with Crippen LogP contribution in [0.4, 0.5) is 21.9 Å². The van der Waals surface area contributed by atoms with E-state index in [-0.39, 0.29) is 11.9 Å². The Bertz CT molecular complexity index is 890. The van der Waals surface area contributed by atoms with E-state index in [1.807, 2.05) is 24.3 Å². The van der Waals surface area contributed by atoms with Gasteiger partial charge in [0.1, 0.15) is 0 Å². The predicted octanol–water partition coefficient (Wildman–Crippen LogP) is 2.79. The summed E-state index contributed by atoms with van der Waals surface area (Å²) in [6.45, 7) is 3.96. The summed E-state index contributed by atoms with van der Waals surface area (Å²) in [6.07, 6.45) is 0. The molecule has 1 saturated heterocycles. The zero-order chi connectivity index (χ0) is 20.8. The molecule has 0 saturated carbocycles. The monoisotopic (exact) mass is 396 g/mol. The molecule has 2 aromatic carbocycles. The van der Waals surface area contributed by atoms with Crippen LogP contribution in [0, 0.1) is 0 Å². The Morgan fingerprint density at radius 2 is 1.55 bits per heavy atom. The highest BCUT2D eigenvalue weighted by atomic mass is 16.5. The van der Waals surface area contributed by atoms with Gasteiger partial charge in [0.25, 0.3) is 0 Å². The number of rotatable bonds is 4. The number of benzene rings is 2. The maximum atomic E-state index is 12.6. The smallest absolute Gasteiger partial charge is 0.339 e. The van der Waals surface area contributed by atoms with E-state index in [2.05, 4.69) is 15.5 Å². The number of urea groups is 1. The molecule has 0 unspecified atom stereocenters. The van der Waals surface area contributed by atoms with Crippen LogP contribution in [-0.4, -0.2) is 56.1 Å². The lowest BCUT2D eigenvalue weighted by Gasteiger charge is -2.36. The summed E-state index contributed by atoms with van der Waals surface area (Å²) in [5.41, 5.74) is 2.54. The highest BCUT2D eigenvalue weighted by Gasteiger charge is 2.22. The molecular formula is C21H24N4O4. The van der Waals surface area contributed by atoms with Crippen molar-refractivity contribution < 1.29 is 19.1 Å². The minimum Gasteiger partial charge on any atom is -0.465 e. The Balaban J connectivity index is 1.57. The largest absolute Gasteiger partial charge is 0.465 e. The molecule has 2 aromatic rings. The van der Waals surface area contributed by atoms with Crippen LogP contribution in [-0.2, 0) is 9.53 Å². The van der Waals surface area contributed by atoms with Crippen molar-refractivity contribution in [3.8, 4) is 0 Å². The van der Waals surface area contributed by atoms with Gasteiger partial charge in [0, 0.05) is 44.5 Å². The first-order valence-corrected chi connectivity index (χ1v) is 9.34. The Kier molecular flexibility index (Phi) is 6.33. The molecule has 29 heavy (non-hydrogen) atoms. The SMILES string of the molecule is COC(=O)c1ccccc1NC(=O)N1CCN(c2ccc(NC(C)=O)cc2)CC1. The van der Waals surface area contributed by atoms with Crippen molar-refractivity contribution in [3.05, 3.63) is 54.1 Å². The molecule has 0 radical (unpaired) electrons. The van der Waals surface area contributed by atoms with Gasteiger partial charge >= 0.3 is 12.0 Å². The third kappa shape index (κ3) is 5.04. The van der Waals surface area contributed by atoms with Gasteiger partial charge in [-0.25, -0.2) is 9.59 Å². The lowest BCUT2D eigenvalue weighted by atomic mass is 10.2. The Morgan fingerprint density at radius 3 is 2.17 bits per heavy atom. The van der Waals surface area contributed by atoms with E-state index < -0.39 is 5.97 Å². The normalized spacial score (nSPS) is 13.6. The quantitative estimate of drug-likeness (QED) is 0.776. The predicted molar refractivity (Wildman–Crippen MR) is 111 cm³/mol. The summed E-state index contributed by atoms with van der Waals surface area (Å²) in [7, 11) is 1.31. The number of esters is 1. The molecule has 0 aromatic heterocycles. The fourth-order valence-corrected chi connectivity index (χ4v) is 3.20. The van der Waals surface area contributed by atoms with Crippen molar-refractivity contribution in [3.63, 3.8) is 0 Å². The van der Waals surface area contributed by atoms with Crippen LogP contribution in [0.5, 0.6) is 0 Å². The fraction of sp³-hybridized carbons (Fsp3) is 0.286. The van der Waals surface area contributed by atoms with Crippen LogP contribution in [0.2, 0.25) is 0 Å². The third-order valence-corrected chi connectivity index (χ3v) is 4.69. The fourth-order valence-electron chi connectivity index (χ4n) is 3.20. The highest BCUT2D eigenvalue weighted by molar-refractivity contribution is 6.00. The lowest BCUT2D eigenvalue weighted by Crippen LogP contribution is -2.50. The van der Waals surface area contributed by atoms with E-state index in [1.165, 1.54) is 14.0 Å². The number of ether oxygens (including phenoxy) is 1. The maximum Gasteiger partial charge on any atom is 0.339 e. The standard InChI is InChI=1S/C21H24N4O4/c1-15(26)22-16-7-9-17(10-8-16)24-11-13-25(14-12-24)21(28)23-19-6-4-3-5-18(19)20(27)29-2/h3-10H,11-14H2,1-2H3,(H,22,26)(H,23,28). The molecule has 2 N–H and O–H groups in total. The van der Waals surface area contributed by atoms with Crippen molar-refractivity contribution in [1.82, 2.24) is 4.90 Å². The number of hydrogen-bond donors (Lipinski definition) is 2. The van der Waals surface area contributed by atoms with Gasteiger partial charge in [0.15, 0.2) is 0 Å². The van der Waals surface area contributed by atoms with E-state index in [0.29, 0.717) is 37.4 Å². The Labute approximate surface area is 169 Å². The first kappa shape index (κ1) is 20.2. The third-order valence-electron chi connectivity index (χ3n) is 4.69. The molecule has 0 spiro atoms. The summed E-state index contributed by atoms with van der Waals surface area (Å²) < 4.78 is 4.76. The summed E-state index contributed by atoms with van der Waals surface area (Å²) in [6, 6.07) is 14.1. The van der Waals surface area contributed by atoms with Gasteiger partial charge in [0.2, 0.25) is 5.91 Å². The number of para-hydroxylation sites is 1. The van der Waals surface area contributed by atoms with Crippen molar-refractivity contribution in [1.29, 1.82) is 0 Å². The molecule has 1 heterocycles. The molecule has 8 nitrogen and oxygen atoms in total. The second-order valence-electron chi connectivity index (χ2n) is 6.67. The molecule has 0 bridgehead atoms. The van der Waals surface area contributed by atoms with Crippen molar-refractivity contribution >= 4 is 35.0 Å². The molecule has 1 fully saturated rings. The second kappa shape index (κ2) is 9.09. The van der Waals surface area contributed by atoms with Gasteiger partial charge in [-0.3, -0.25) is 4.79 Å². The summed E-state index contributed by atoms with van der Waals surface area (Å²) in [4.78, 5) is 39.5. The summed E-state index contributed by atoms with van der Waals surface area (Å²) in [5.74, 6) is -0.598. The number of piperazine rings is 1. The van der Waals surface area contributed by atoms with Gasteiger partial charge in [-0.2, -0.15) is 0 Å². The average Bonchev–Trinajstić information content (AvgIpc) is 2.74. The number of methoxy groups -OCH3 is 1. The molecule has 1 aliphatic heterocycles. The van der Waals surface area contributed by atoms with Crippen molar-refractivity contribution in [2.75, 3.05) is 48.8 Å². The molecule has 0 atom stereocenters. The first-order valence-electron chi connectivity index (χ1n) is 9.34. The van der Waals surface area contributed by atoms with E-state index >= 15 is 0 Å². The number of hydrogen-bond acceptors (Lipinski definition) is 5. The second-order valence-corrected chi connectivity index (χ2v) is 6.67. The molecule has 3 rings (SSSR count). The minimum atomic E-state index is -0.492. The van der Waals surface area contributed by atoms with Crippen LogP contribution in [0.15, 0.2) is 48.5 Å². The summed E-state index contributed by atoms with van der Waals surface area (Å²) >= 11 is 0. The Hall–Kier alpha value is -3.55. The number of amides is 3. The van der Waals surface area contributed by atoms with E-state index in [0.717, 1.165) is 11.4 Å². The zero-order valence-electron chi connectivity index (χ0n) is 16.5. The molecule has 3 amide bonds. The molecule has 0 aliphatic carbocycles. The van der Waals surface area contributed by atoms with E-state index in [1.54, 1.807) is 29.2 Å². The number of anilines is 3. The number of carbonyl (C=O) groups is 3. The van der Waals surface area contributed by atoms with Gasteiger partial charge in [0.05, 0.1) is 18.4 Å². The summed E-state index contributed by atoms with van der Waals surface area (Å²) in [5, 5.41) is 5.55. The van der Waals surface area contributed by atoms with Crippen molar-refractivity contribution in [2.45, 2.75) is 6.92 Å². The molecule has 1 aliphatic rings.